The molecule has 0 aliphatic rings. The Hall–Kier alpha value is -1.61. The standard InChI is InChI=1S/C16H24N4OS/c1-5-6-7-8-11(2)18-15(21)10-22-16-14(9-17)12(3)19-13(4)20-16/h11H,5-8,10H2,1-4H3,(H,18,21). The molecule has 22 heavy (non-hydrogen) atoms. The summed E-state index contributed by atoms with van der Waals surface area (Å²) in [7, 11) is 0. The lowest BCUT2D eigenvalue weighted by molar-refractivity contribution is -0.119. The summed E-state index contributed by atoms with van der Waals surface area (Å²) in [4.78, 5) is 20.4. The van der Waals surface area contributed by atoms with Crippen LogP contribution in [0.2, 0.25) is 0 Å². The summed E-state index contributed by atoms with van der Waals surface area (Å²) < 4.78 is 0. The Morgan fingerprint density at radius 3 is 2.73 bits per heavy atom. The van der Waals surface area contributed by atoms with Gasteiger partial charge in [-0.2, -0.15) is 5.26 Å². The number of aryl methyl sites for hydroxylation is 2. The minimum atomic E-state index is -0.0215. The highest BCUT2D eigenvalue weighted by molar-refractivity contribution is 8.00. The summed E-state index contributed by atoms with van der Waals surface area (Å²) in [6.45, 7) is 7.76. The maximum absolute atomic E-state index is 12.0. The van der Waals surface area contributed by atoms with Crippen molar-refractivity contribution in [3.05, 3.63) is 17.1 Å². The van der Waals surface area contributed by atoms with Gasteiger partial charge in [-0.25, -0.2) is 9.97 Å². The average Bonchev–Trinajstić information content (AvgIpc) is 2.45. The largest absolute Gasteiger partial charge is 0.353 e. The molecule has 0 fully saturated rings. The van der Waals surface area contributed by atoms with Gasteiger partial charge < -0.3 is 5.32 Å². The highest BCUT2D eigenvalue weighted by Gasteiger charge is 2.13. The van der Waals surface area contributed by atoms with Crippen molar-refractivity contribution >= 4 is 17.7 Å². The van der Waals surface area contributed by atoms with E-state index >= 15 is 0 Å². The molecule has 0 bridgehead atoms. The van der Waals surface area contributed by atoms with Gasteiger partial charge in [0.2, 0.25) is 5.91 Å². The van der Waals surface area contributed by atoms with Crippen LogP contribution < -0.4 is 5.32 Å². The molecule has 0 aliphatic carbocycles. The number of rotatable bonds is 8. The summed E-state index contributed by atoms with van der Waals surface area (Å²) in [5, 5.41) is 12.8. The van der Waals surface area contributed by atoms with Crippen molar-refractivity contribution in [1.29, 1.82) is 5.26 Å². The van der Waals surface area contributed by atoms with Gasteiger partial charge in [0.15, 0.2) is 0 Å². The summed E-state index contributed by atoms with van der Waals surface area (Å²) in [6, 6.07) is 2.30. The maximum Gasteiger partial charge on any atom is 0.230 e. The molecule has 1 amide bonds. The lowest BCUT2D eigenvalue weighted by Gasteiger charge is -2.13. The monoisotopic (exact) mass is 320 g/mol. The molecular formula is C16H24N4OS. The molecule has 1 N–H and O–H groups in total. The van der Waals surface area contributed by atoms with Crippen molar-refractivity contribution < 1.29 is 4.79 Å². The Bertz CT molecular complexity index is 554. The maximum atomic E-state index is 12.0. The van der Waals surface area contributed by atoms with Gasteiger partial charge in [0, 0.05) is 6.04 Å². The molecule has 0 radical (unpaired) electrons. The molecule has 0 aliphatic heterocycles. The summed E-state index contributed by atoms with van der Waals surface area (Å²) in [6.07, 6.45) is 4.51. The normalized spacial score (nSPS) is 11.8. The van der Waals surface area contributed by atoms with E-state index in [-0.39, 0.29) is 17.7 Å². The molecule has 1 heterocycles. The minimum Gasteiger partial charge on any atom is -0.353 e. The van der Waals surface area contributed by atoms with Crippen LogP contribution in [0.3, 0.4) is 0 Å². The number of amides is 1. The van der Waals surface area contributed by atoms with Crippen LogP contribution in [0.1, 0.15) is 56.6 Å². The molecule has 5 nitrogen and oxygen atoms in total. The number of nitrogens with one attached hydrogen (secondary N) is 1. The van der Waals surface area contributed by atoms with Crippen molar-refractivity contribution in [1.82, 2.24) is 15.3 Å². The zero-order valence-electron chi connectivity index (χ0n) is 13.8. The molecule has 0 aromatic carbocycles. The molecule has 120 valence electrons. The SMILES string of the molecule is CCCCCC(C)NC(=O)CSc1nc(C)nc(C)c1C#N. The first-order valence-electron chi connectivity index (χ1n) is 7.65. The topological polar surface area (TPSA) is 78.7 Å². The lowest BCUT2D eigenvalue weighted by Crippen LogP contribution is -2.33. The highest BCUT2D eigenvalue weighted by Crippen LogP contribution is 2.21. The third-order valence-electron chi connectivity index (χ3n) is 3.27. The number of carbonyl (C=O) groups excluding carboxylic acids is 1. The fraction of sp³-hybridized carbons (Fsp3) is 0.625. The number of nitriles is 1. The average molecular weight is 320 g/mol. The van der Waals surface area contributed by atoms with E-state index in [9.17, 15) is 10.1 Å². The molecule has 1 rings (SSSR count). The molecular weight excluding hydrogens is 296 g/mol. The van der Waals surface area contributed by atoms with Crippen LogP contribution in [-0.2, 0) is 4.79 Å². The predicted molar refractivity (Wildman–Crippen MR) is 88.7 cm³/mol. The number of hydrogen-bond donors (Lipinski definition) is 1. The molecule has 0 saturated carbocycles. The van der Waals surface area contributed by atoms with Crippen molar-refractivity contribution in [3.8, 4) is 6.07 Å². The van der Waals surface area contributed by atoms with Crippen molar-refractivity contribution in [2.45, 2.75) is 64.4 Å². The smallest absolute Gasteiger partial charge is 0.230 e. The second kappa shape index (κ2) is 9.42. The first-order chi connectivity index (χ1) is 10.5. The number of thioether (sulfide) groups is 1. The van der Waals surface area contributed by atoms with Gasteiger partial charge in [-0.05, 0) is 27.2 Å². The quantitative estimate of drug-likeness (QED) is 0.452. The van der Waals surface area contributed by atoms with Crippen LogP contribution in [0.25, 0.3) is 0 Å². The van der Waals surface area contributed by atoms with E-state index in [1.165, 1.54) is 24.6 Å². The van der Waals surface area contributed by atoms with E-state index in [4.69, 9.17) is 0 Å². The number of unbranched alkanes of at least 4 members (excludes halogenated alkanes) is 2. The first kappa shape index (κ1) is 18.4. The Balaban J connectivity index is 2.53. The third kappa shape index (κ3) is 6.02. The highest BCUT2D eigenvalue weighted by atomic mass is 32.2. The van der Waals surface area contributed by atoms with Gasteiger partial charge in [0.05, 0.1) is 11.4 Å². The van der Waals surface area contributed by atoms with E-state index in [0.29, 0.717) is 22.1 Å². The van der Waals surface area contributed by atoms with Crippen LogP contribution in [-0.4, -0.2) is 27.7 Å². The van der Waals surface area contributed by atoms with Crippen molar-refractivity contribution in [2.75, 3.05) is 5.75 Å². The summed E-state index contributed by atoms with van der Waals surface area (Å²) in [5.74, 6) is 0.863. The van der Waals surface area contributed by atoms with E-state index in [2.05, 4.69) is 28.3 Å². The Morgan fingerprint density at radius 1 is 1.36 bits per heavy atom. The van der Waals surface area contributed by atoms with E-state index in [1.807, 2.05) is 6.92 Å². The van der Waals surface area contributed by atoms with Crippen molar-refractivity contribution in [2.24, 2.45) is 0 Å². The Labute approximate surface area is 136 Å². The van der Waals surface area contributed by atoms with Crippen LogP contribution in [0.4, 0.5) is 0 Å². The van der Waals surface area contributed by atoms with E-state index in [0.717, 1.165) is 12.8 Å². The van der Waals surface area contributed by atoms with Crippen LogP contribution >= 0.6 is 11.8 Å². The number of aromatic nitrogens is 2. The fourth-order valence-corrected chi connectivity index (χ4v) is 3.02. The van der Waals surface area contributed by atoms with E-state index < -0.39 is 0 Å². The Morgan fingerprint density at radius 2 is 2.09 bits per heavy atom. The first-order valence-corrected chi connectivity index (χ1v) is 8.64. The number of hydrogen-bond acceptors (Lipinski definition) is 5. The second-order valence-electron chi connectivity index (χ2n) is 5.40. The minimum absolute atomic E-state index is 0.0215. The number of nitrogens with zero attached hydrogens (tertiary/aromatic N) is 3. The summed E-state index contributed by atoms with van der Waals surface area (Å²) >= 11 is 1.29. The zero-order valence-corrected chi connectivity index (χ0v) is 14.6. The van der Waals surface area contributed by atoms with Crippen LogP contribution in [0.5, 0.6) is 0 Å². The van der Waals surface area contributed by atoms with Gasteiger partial charge in [0.1, 0.15) is 22.5 Å². The molecule has 0 saturated heterocycles. The van der Waals surface area contributed by atoms with Crippen molar-refractivity contribution in [3.63, 3.8) is 0 Å². The second-order valence-corrected chi connectivity index (χ2v) is 6.37. The summed E-state index contributed by atoms with van der Waals surface area (Å²) in [5.41, 5.74) is 1.12. The molecule has 0 spiro atoms. The lowest BCUT2D eigenvalue weighted by atomic mass is 10.1. The van der Waals surface area contributed by atoms with Crippen LogP contribution in [0.15, 0.2) is 5.03 Å². The van der Waals surface area contributed by atoms with Gasteiger partial charge in [-0.1, -0.05) is 37.9 Å². The molecule has 1 aromatic heterocycles. The number of carbonyl (C=O) groups is 1. The van der Waals surface area contributed by atoms with Crippen LogP contribution in [0, 0.1) is 25.2 Å². The molecule has 1 atom stereocenters. The predicted octanol–water partition coefficient (Wildman–Crippen LogP) is 3.14. The third-order valence-corrected chi connectivity index (χ3v) is 4.24. The molecule has 1 aromatic rings. The molecule has 6 heteroatoms. The van der Waals surface area contributed by atoms with Gasteiger partial charge in [-0.15, -0.1) is 0 Å². The van der Waals surface area contributed by atoms with Gasteiger partial charge in [0.25, 0.3) is 0 Å². The zero-order chi connectivity index (χ0) is 16.5. The Kier molecular flexibility index (Phi) is 7.89. The van der Waals surface area contributed by atoms with Gasteiger partial charge in [-0.3, -0.25) is 4.79 Å². The molecule has 1 unspecified atom stereocenters. The van der Waals surface area contributed by atoms with Gasteiger partial charge >= 0.3 is 0 Å². The fourth-order valence-electron chi connectivity index (χ4n) is 2.14. The van der Waals surface area contributed by atoms with E-state index in [1.54, 1.807) is 13.8 Å².